The minimum Gasteiger partial charge on any atom is -0.496 e. The van der Waals surface area contributed by atoms with E-state index in [-0.39, 0.29) is 18.4 Å². The first-order valence-corrected chi connectivity index (χ1v) is 12.0. The Bertz CT molecular complexity index is 1240. The fourth-order valence-corrected chi connectivity index (χ4v) is 4.83. The van der Waals surface area contributed by atoms with Crippen molar-refractivity contribution >= 4 is 17.5 Å². The molecule has 3 heterocycles. The Hall–Kier alpha value is -3.81. The summed E-state index contributed by atoms with van der Waals surface area (Å²) in [6, 6.07) is 14.2. The van der Waals surface area contributed by atoms with Crippen molar-refractivity contribution in [3.05, 3.63) is 65.7 Å². The second-order valence-corrected chi connectivity index (χ2v) is 9.01. The third-order valence-electron chi connectivity index (χ3n) is 6.83. The van der Waals surface area contributed by atoms with E-state index in [2.05, 4.69) is 22.0 Å². The van der Waals surface area contributed by atoms with E-state index in [1.54, 1.807) is 25.1 Å². The molecule has 0 aliphatic carbocycles. The molecule has 0 atom stereocenters. The van der Waals surface area contributed by atoms with Crippen molar-refractivity contribution in [1.82, 2.24) is 14.8 Å². The van der Waals surface area contributed by atoms with E-state index >= 15 is 0 Å². The first-order valence-electron chi connectivity index (χ1n) is 12.0. The highest BCUT2D eigenvalue weighted by Crippen LogP contribution is 2.34. The highest BCUT2D eigenvalue weighted by atomic mass is 16.5. The molecule has 2 amide bonds. The van der Waals surface area contributed by atoms with Crippen molar-refractivity contribution in [2.45, 2.75) is 26.3 Å². The molecule has 0 spiro atoms. The van der Waals surface area contributed by atoms with Gasteiger partial charge in [-0.05, 0) is 29.7 Å². The molecule has 0 unspecified atom stereocenters. The van der Waals surface area contributed by atoms with E-state index in [0.717, 1.165) is 17.7 Å². The molecule has 1 fully saturated rings. The van der Waals surface area contributed by atoms with Crippen molar-refractivity contribution in [2.75, 3.05) is 44.7 Å². The van der Waals surface area contributed by atoms with Crippen molar-refractivity contribution in [3.8, 4) is 17.1 Å². The quantitative estimate of drug-likeness (QED) is 0.565. The predicted octanol–water partition coefficient (Wildman–Crippen LogP) is 3.28. The molecule has 2 aromatic carbocycles. The Morgan fingerprint density at radius 1 is 1.06 bits per heavy atom. The van der Waals surface area contributed by atoms with Gasteiger partial charge in [-0.15, -0.1) is 0 Å². The first kappa shape index (κ1) is 23.0. The van der Waals surface area contributed by atoms with Crippen LogP contribution in [0.4, 0.5) is 5.69 Å². The summed E-state index contributed by atoms with van der Waals surface area (Å²) in [5, 5.41) is 0. The van der Waals surface area contributed by atoms with Gasteiger partial charge >= 0.3 is 0 Å². The van der Waals surface area contributed by atoms with Gasteiger partial charge in [0, 0.05) is 57.8 Å². The van der Waals surface area contributed by atoms with Crippen LogP contribution in [0, 0.1) is 6.92 Å². The van der Waals surface area contributed by atoms with E-state index in [4.69, 9.17) is 9.15 Å². The third-order valence-corrected chi connectivity index (χ3v) is 6.83. The van der Waals surface area contributed by atoms with Crippen LogP contribution in [-0.2, 0) is 22.6 Å². The summed E-state index contributed by atoms with van der Waals surface area (Å²) >= 11 is 0. The fourth-order valence-electron chi connectivity index (χ4n) is 4.83. The van der Waals surface area contributed by atoms with Gasteiger partial charge in [-0.25, -0.2) is 4.98 Å². The molecule has 182 valence electrons. The lowest BCUT2D eigenvalue weighted by molar-refractivity contribution is -0.140. The van der Waals surface area contributed by atoms with E-state index in [0.29, 0.717) is 56.5 Å². The van der Waals surface area contributed by atoms with Crippen LogP contribution in [0.3, 0.4) is 0 Å². The van der Waals surface area contributed by atoms with Crippen LogP contribution >= 0.6 is 0 Å². The Kier molecular flexibility index (Phi) is 6.44. The van der Waals surface area contributed by atoms with Gasteiger partial charge in [-0.2, -0.15) is 0 Å². The largest absolute Gasteiger partial charge is 0.496 e. The van der Waals surface area contributed by atoms with Gasteiger partial charge in [0.1, 0.15) is 5.75 Å². The minimum absolute atomic E-state index is 0.00896. The van der Waals surface area contributed by atoms with Crippen LogP contribution in [0.1, 0.15) is 23.4 Å². The van der Waals surface area contributed by atoms with Gasteiger partial charge in [0.2, 0.25) is 11.8 Å². The average Bonchev–Trinajstić information content (AvgIpc) is 3.24. The zero-order valence-corrected chi connectivity index (χ0v) is 20.2. The SMILES string of the molecule is COc1cc(N2CCC(=O)N(CC(=O)N3CCc4ccccc4C3)CC2)ccc1-c1cnc(C)o1. The van der Waals surface area contributed by atoms with E-state index in [1.165, 1.54) is 11.1 Å². The Morgan fingerprint density at radius 2 is 1.89 bits per heavy atom. The van der Waals surface area contributed by atoms with Gasteiger partial charge in [0.15, 0.2) is 11.7 Å². The summed E-state index contributed by atoms with van der Waals surface area (Å²) in [6.45, 7) is 4.97. The van der Waals surface area contributed by atoms with Crippen LogP contribution in [-0.4, -0.2) is 66.4 Å². The van der Waals surface area contributed by atoms with Crippen molar-refractivity contribution < 1.29 is 18.7 Å². The Morgan fingerprint density at radius 3 is 2.66 bits per heavy atom. The smallest absolute Gasteiger partial charge is 0.242 e. The minimum atomic E-state index is 0.00896. The molecule has 0 bridgehead atoms. The van der Waals surface area contributed by atoms with Crippen LogP contribution in [0.15, 0.2) is 53.1 Å². The second-order valence-electron chi connectivity index (χ2n) is 9.01. The fraction of sp³-hybridized carbons (Fsp3) is 0.370. The summed E-state index contributed by atoms with van der Waals surface area (Å²) < 4.78 is 11.3. The number of hydrogen-bond acceptors (Lipinski definition) is 6. The van der Waals surface area contributed by atoms with Crippen molar-refractivity contribution in [2.24, 2.45) is 0 Å². The first-order chi connectivity index (χ1) is 17.0. The molecule has 1 aromatic heterocycles. The Labute approximate surface area is 205 Å². The number of nitrogens with zero attached hydrogens (tertiary/aromatic N) is 4. The molecule has 5 rings (SSSR count). The maximum absolute atomic E-state index is 13.0. The second kappa shape index (κ2) is 9.82. The lowest BCUT2D eigenvalue weighted by Crippen LogP contribution is -2.45. The molecule has 8 nitrogen and oxygen atoms in total. The monoisotopic (exact) mass is 474 g/mol. The number of hydrogen-bond donors (Lipinski definition) is 0. The standard InChI is InChI=1S/C27H30N4O4/c1-19-28-16-25(35-19)23-8-7-22(15-24(23)34-2)29-12-10-26(32)31(14-13-29)18-27(33)30-11-9-20-5-3-4-6-21(20)17-30/h3-8,15-16H,9-14,17-18H2,1-2H3. The highest BCUT2D eigenvalue weighted by Gasteiger charge is 2.27. The maximum atomic E-state index is 13.0. The summed E-state index contributed by atoms with van der Waals surface area (Å²) in [6.07, 6.45) is 2.91. The number of carbonyl (C=O) groups is 2. The van der Waals surface area contributed by atoms with Gasteiger partial charge in [-0.3, -0.25) is 9.59 Å². The molecule has 0 radical (unpaired) electrons. The Balaban J connectivity index is 1.24. The molecule has 1 saturated heterocycles. The van der Waals surface area contributed by atoms with Gasteiger partial charge in [0.05, 0.1) is 25.4 Å². The van der Waals surface area contributed by atoms with Gasteiger partial charge in [0.25, 0.3) is 0 Å². The number of anilines is 1. The molecule has 2 aliphatic rings. The number of aryl methyl sites for hydroxylation is 1. The average molecular weight is 475 g/mol. The zero-order chi connectivity index (χ0) is 24.4. The lowest BCUT2D eigenvalue weighted by Gasteiger charge is -2.31. The van der Waals surface area contributed by atoms with E-state index in [9.17, 15) is 9.59 Å². The molecular formula is C27H30N4O4. The number of benzene rings is 2. The number of aromatic nitrogens is 1. The normalized spacial score (nSPS) is 16.2. The van der Waals surface area contributed by atoms with E-state index < -0.39 is 0 Å². The number of rotatable bonds is 5. The molecule has 0 N–H and O–H groups in total. The third kappa shape index (κ3) is 4.87. The van der Waals surface area contributed by atoms with Crippen LogP contribution in [0.25, 0.3) is 11.3 Å². The highest BCUT2D eigenvalue weighted by molar-refractivity contribution is 5.85. The maximum Gasteiger partial charge on any atom is 0.242 e. The van der Waals surface area contributed by atoms with Gasteiger partial charge < -0.3 is 23.9 Å². The summed E-state index contributed by atoms with van der Waals surface area (Å²) in [4.78, 5) is 35.8. The number of ether oxygens (including phenoxy) is 1. The zero-order valence-electron chi connectivity index (χ0n) is 20.2. The van der Waals surface area contributed by atoms with Crippen LogP contribution in [0.5, 0.6) is 5.75 Å². The van der Waals surface area contributed by atoms with Gasteiger partial charge in [-0.1, -0.05) is 24.3 Å². The van der Waals surface area contributed by atoms with Crippen molar-refractivity contribution in [3.63, 3.8) is 0 Å². The molecule has 35 heavy (non-hydrogen) atoms. The number of methoxy groups -OCH3 is 1. The number of fused-ring (bicyclic) bond motifs is 1. The topological polar surface area (TPSA) is 79.1 Å². The molecule has 8 heteroatoms. The number of amides is 2. The molecule has 2 aliphatic heterocycles. The van der Waals surface area contributed by atoms with Crippen molar-refractivity contribution in [1.29, 1.82) is 0 Å². The summed E-state index contributed by atoms with van der Waals surface area (Å²) in [5.74, 6) is 1.96. The molecule has 0 saturated carbocycles. The molecule has 3 aromatic rings. The number of oxazole rings is 1. The van der Waals surface area contributed by atoms with Crippen LogP contribution < -0.4 is 9.64 Å². The van der Waals surface area contributed by atoms with Crippen LogP contribution in [0.2, 0.25) is 0 Å². The predicted molar refractivity (Wildman–Crippen MR) is 132 cm³/mol. The van der Waals surface area contributed by atoms with E-state index in [1.807, 2.05) is 35.2 Å². The summed E-state index contributed by atoms with van der Waals surface area (Å²) in [5.41, 5.74) is 4.30. The summed E-state index contributed by atoms with van der Waals surface area (Å²) in [7, 11) is 1.63. The molecular weight excluding hydrogens is 444 g/mol. The number of carbonyl (C=O) groups excluding carboxylic acids is 2. The lowest BCUT2D eigenvalue weighted by atomic mass is 10.00.